The van der Waals surface area contributed by atoms with Crippen molar-refractivity contribution in [3.8, 4) is 5.75 Å². The van der Waals surface area contributed by atoms with Crippen molar-refractivity contribution in [3.05, 3.63) is 59.4 Å². The maximum absolute atomic E-state index is 12.1. The molecular weight excluding hydrogens is 314 g/mol. The van der Waals surface area contributed by atoms with Crippen LogP contribution >= 0.6 is 0 Å². The van der Waals surface area contributed by atoms with Crippen LogP contribution in [0.25, 0.3) is 11.0 Å². The van der Waals surface area contributed by atoms with Crippen molar-refractivity contribution in [1.82, 2.24) is 15.3 Å². The van der Waals surface area contributed by atoms with Gasteiger partial charge >= 0.3 is 0 Å². The summed E-state index contributed by atoms with van der Waals surface area (Å²) in [5.41, 5.74) is 4.29. The summed E-state index contributed by atoms with van der Waals surface area (Å²) in [4.78, 5) is 20.0. The van der Waals surface area contributed by atoms with E-state index in [1.54, 1.807) is 0 Å². The second kappa shape index (κ2) is 6.97. The van der Waals surface area contributed by atoms with E-state index in [1.165, 1.54) is 5.56 Å². The predicted octanol–water partition coefficient (Wildman–Crippen LogP) is 2.79. The monoisotopic (exact) mass is 335 g/mol. The average molecular weight is 335 g/mol. The number of para-hydroxylation sites is 2. The fourth-order valence-corrected chi connectivity index (χ4v) is 3.21. The molecule has 0 fully saturated rings. The molecule has 2 heterocycles. The maximum atomic E-state index is 12.1. The fraction of sp³-hybridized carbons (Fsp3) is 0.300. The molecule has 0 atom stereocenters. The number of aromatic nitrogens is 2. The van der Waals surface area contributed by atoms with Crippen LogP contribution in [0.1, 0.15) is 23.4 Å². The number of amides is 1. The summed E-state index contributed by atoms with van der Waals surface area (Å²) in [5.74, 6) is 1.98. The minimum atomic E-state index is 0.0588. The molecule has 5 nitrogen and oxygen atoms in total. The Bertz CT molecular complexity index is 868. The van der Waals surface area contributed by atoms with Gasteiger partial charge in [0.25, 0.3) is 0 Å². The predicted molar refractivity (Wildman–Crippen MR) is 96.8 cm³/mol. The Balaban J connectivity index is 1.23. The minimum Gasteiger partial charge on any atom is -0.493 e. The smallest absolute Gasteiger partial charge is 0.224 e. The number of ether oxygens (including phenoxy) is 1. The molecule has 1 aromatic heterocycles. The van der Waals surface area contributed by atoms with Gasteiger partial charge in [-0.3, -0.25) is 4.79 Å². The lowest BCUT2D eigenvalue weighted by atomic mass is 10.1. The highest BCUT2D eigenvalue weighted by Gasteiger charge is 2.13. The number of hydrogen-bond acceptors (Lipinski definition) is 3. The molecular formula is C20H21N3O2. The Labute approximate surface area is 146 Å². The number of fused-ring (bicyclic) bond motifs is 2. The lowest BCUT2D eigenvalue weighted by molar-refractivity contribution is -0.120. The molecule has 0 unspecified atom stereocenters. The average Bonchev–Trinajstić information content (AvgIpc) is 3.24. The Kier molecular flexibility index (Phi) is 4.37. The van der Waals surface area contributed by atoms with Crippen LogP contribution in [-0.4, -0.2) is 29.0 Å². The van der Waals surface area contributed by atoms with E-state index in [-0.39, 0.29) is 5.91 Å². The van der Waals surface area contributed by atoms with Crippen LogP contribution in [0.3, 0.4) is 0 Å². The third kappa shape index (κ3) is 3.65. The molecule has 5 heteroatoms. The molecule has 2 aromatic carbocycles. The molecule has 2 N–H and O–H groups in total. The molecule has 0 bridgehead atoms. The highest BCUT2D eigenvalue weighted by atomic mass is 16.5. The summed E-state index contributed by atoms with van der Waals surface area (Å²) in [6, 6.07) is 14.0. The van der Waals surface area contributed by atoms with Crippen molar-refractivity contribution in [1.29, 1.82) is 0 Å². The van der Waals surface area contributed by atoms with E-state index in [0.717, 1.165) is 54.0 Å². The first-order valence-electron chi connectivity index (χ1n) is 8.73. The number of hydrogen-bond donors (Lipinski definition) is 2. The molecule has 0 radical (unpaired) electrons. The van der Waals surface area contributed by atoms with Crippen molar-refractivity contribution in [2.45, 2.75) is 25.7 Å². The molecule has 0 saturated heterocycles. The van der Waals surface area contributed by atoms with E-state index < -0.39 is 0 Å². The summed E-state index contributed by atoms with van der Waals surface area (Å²) in [6.45, 7) is 1.40. The number of benzene rings is 2. The highest BCUT2D eigenvalue weighted by Crippen LogP contribution is 2.25. The topological polar surface area (TPSA) is 67.0 Å². The fourth-order valence-electron chi connectivity index (χ4n) is 3.21. The lowest BCUT2D eigenvalue weighted by Crippen LogP contribution is -2.26. The molecule has 0 aliphatic carbocycles. The normalized spacial score (nSPS) is 12.8. The van der Waals surface area contributed by atoms with E-state index in [9.17, 15) is 4.79 Å². The van der Waals surface area contributed by atoms with Gasteiger partial charge in [-0.05, 0) is 35.7 Å². The second-order valence-electron chi connectivity index (χ2n) is 6.37. The zero-order valence-electron chi connectivity index (χ0n) is 14.0. The van der Waals surface area contributed by atoms with Gasteiger partial charge in [0.15, 0.2) is 0 Å². The molecule has 1 aliphatic heterocycles. The van der Waals surface area contributed by atoms with Crippen LogP contribution < -0.4 is 10.1 Å². The number of aromatic amines is 1. The molecule has 1 aliphatic rings. The quantitative estimate of drug-likeness (QED) is 0.681. The first kappa shape index (κ1) is 15.7. The Morgan fingerprint density at radius 3 is 3.08 bits per heavy atom. The zero-order chi connectivity index (χ0) is 17.1. The largest absolute Gasteiger partial charge is 0.493 e. The number of rotatable bonds is 6. The third-order valence-corrected chi connectivity index (χ3v) is 4.47. The summed E-state index contributed by atoms with van der Waals surface area (Å²) < 4.78 is 5.49. The summed E-state index contributed by atoms with van der Waals surface area (Å²) >= 11 is 0. The Morgan fingerprint density at radius 1 is 1.24 bits per heavy atom. The number of nitrogens with one attached hydrogen (secondary N) is 2. The number of nitrogens with zero attached hydrogens (tertiary/aromatic N) is 1. The van der Waals surface area contributed by atoms with Crippen molar-refractivity contribution < 1.29 is 9.53 Å². The molecule has 0 spiro atoms. The molecule has 25 heavy (non-hydrogen) atoms. The first-order valence-corrected chi connectivity index (χ1v) is 8.73. The van der Waals surface area contributed by atoms with E-state index in [4.69, 9.17) is 4.74 Å². The lowest BCUT2D eigenvalue weighted by Gasteiger charge is -2.06. The van der Waals surface area contributed by atoms with Crippen LogP contribution in [0.4, 0.5) is 0 Å². The SMILES string of the molecule is O=C(Cc1ccc2c(c1)CCO2)NCCCc1nc2ccccc2[nH]1. The van der Waals surface area contributed by atoms with Gasteiger partial charge < -0.3 is 15.0 Å². The van der Waals surface area contributed by atoms with Gasteiger partial charge in [0.05, 0.1) is 24.1 Å². The van der Waals surface area contributed by atoms with Crippen LogP contribution in [0, 0.1) is 0 Å². The van der Waals surface area contributed by atoms with Crippen molar-refractivity contribution >= 4 is 16.9 Å². The summed E-state index contributed by atoms with van der Waals surface area (Å²) in [6.07, 6.45) is 3.04. The first-order chi connectivity index (χ1) is 12.3. The van der Waals surface area contributed by atoms with Gasteiger partial charge in [0.2, 0.25) is 5.91 Å². The third-order valence-electron chi connectivity index (χ3n) is 4.47. The minimum absolute atomic E-state index is 0.0588. The number of aryl methyl sites for hydroxylation is 1. The van der Waals surface area contributed by atoms with Crippen LogP contribution in [0.15, 0.2) is 42.5 Å². The molecule has 1 amide bonds. The van der Waals surface area contributed by atoms with Crippen molar-refractivity contribution in [3.63, 3.8) is 0 Å². The zero-order valence-corrected chi connectivity index (χ0v) is 14.0. The molecule has 0 saturated carbocycles. The Hall–Kier alpha value is -2.82. The van der Waals surface area contributed by atoms with Gasteiger partial charge in [0, 0.05) is 19.4 Å². The molecule has 3 aromatic rings. The maximum Gasteiger partial charge on any atom is 0.224 e. The number of carbonyl (C=O) groups excluding carboxylic acids is 1. The van der Waals surface area contributed by atoms with E-state index in [1.807, 2.05) is 36.4 Å². The van der Waals surface area contributed by atoms with E-state index in [0.29, 0.717) is 13.0 Å². The van der Waals surface area contributed by atoms with E-state index >= 15 is 0 Å². The summed E-state index contributed by atoms with van der Waals surface area (Å²) in [5, 5.41) is 2.99. The standard InChI is InChI=1S/C20H21N3O2/c24-20(13-14-7-8-18-15(12-14)9-11-25-18)21-10-3-6-19-22-16-4-1-2-5-17(16)23-19/h1-2,4-5,7-8,12H,3,6,9-11,13H2,(H,21,24)(H,22,23). The number of imidazole rings is 1. The number of carbonyl (C=O) groups is 1. The van der Waals surface area contributed by atoms with E-state index in [2.05, 4.69) is 21.4 Å². The van der Waals surface area contributed by atoms with Gasteiger partial charge in [0.1, 0.15) is 11.6 Å². The van der Waals surface area contributed by atoms with Gasteiger partial charge in [-0.2, -0.15) is 0 Å². The van der Waals surface area contributed by atoms with Gasteiger partial charge in [-0.1, -0.05) is 24.3 Å². The molecule has 4 rings (SSSR count). The molecule has 128 valence electrons. The summed E-state index contributed by atoms with van der Waals surface area (Å²) in [7, 11) is 0. The van der Waals surface area contributed by atoms with Crippen molar-refractivity contribution in [2.75, 3.05) is 13.2 Å². The van der Waals surface area contributed by atoms with Gasteiger partial charge in [-0.25, -0.2) is 4.98 Å². The highest BCUT2D eigenvalue weighted by molar-refractivity contribution is 5.78. The van der Waals surface area contributed by atoms with Crippen LogP contribution in [-0.2, 0) is 24.1 Å². The van der Waals surface area contributed by atoms with Crippen LogP contribution in [0.5, 0.6) is 5.75 Å². The van der Waals surface area contributed by atoms with Crippen LogP contribution in [0.2, 0.25) is 0 Å². The Morgan fingerprint density at radius 2 is 2.16 bits per heavy atom. The van der Waals surface area contributed by atoms with Crippen molar-refractivity contribution in [2.24, 2.45) is 0 Å². The second-order valence-corrected chi connectivity index (χ2v) is 6.37. The van der Waals surface area contributed by atoms with Gasteiger partial charge in [-0.15, -0.1) is 0 Å². The number of H-pyrrole nitrogens is 1.